The minimum Gasteiger partial charge on any atom is -0.472 e. The van der Waals surface area contributed by atoms with Crippen molar-refractivity contribution >= 4 is 11.8 Å². The van der Waals surface area contributed by atoms with Crippen molar-refractivity contribution in [3.8, 4) is 0 Å². The summed E-state index contributed by atoms with van der Waals surface area (Å²) in [7, 11) is 0. The lowest BCUT2D eigenvalue weighted by molar-refractivity contribution is 0.194. The molecule has 1 N–H and O–H groups in total. The lowest BCUT2D eigenvalue weighted by Gasteiger charge is -2.19. The summed E-state index contributed by atoms with van der Waals surface area (Å²) in [6, 6.07) is 7.72. The number of amides is 1. The normalized spacial score (nSPS) is 14.3. The third-order valence-electron chi connectivity index (χ3n) is 3.38. The van der Waals surface area contributed by atoms with Gasteiger partial charge < -0.3 is 9.47 Å². The number of benzene rings is 1. The van der Waals surface area contributed by atoms with Crippen molar-refractivity contribution in [3.63, 3.8) is 0 Å². The van der Waals surface area contributed by atoms with Gasteiger partial charge in [0.05, 0.1) is 12.5 Å². The summed E-state index contributed by atoms with van der Waals surface area (Å²) < 4.78 is 10.5. The van der Waals surface area contributed by atoms with E-state index in [1.165, 1.54) is 18.1 Å². The molecule has 2 rings (SSSR count). The maximum atomic E-state index is 12.1. The Labute approximate surface area is 148 Å². The number of hydrogen-bond acceptors (Lipinski definition) is 3. The van der Waals surface area contributed by atoms with E-state index >= 15 is 0 Å². The van der Waals surface area contributed by atoms with E-state index in [1.807, 2.05) is 42.5 Å². The Morgan fingerprint density at radius 1 is 0.960 bits per heavy atom. The highest BCUT2D eigenvalue weighted by Gasteiger charge is 2.13. The number of hydrogen-bond donors (Lipinski definition) is 1. The van der Waals surface area contributed by atoms with Gasteiger partial charge in [-0.1, -0.05) is 57.2 Å². The predicted octanol–water partition coefficient (Wildman–Crippen LogP) is 5.59. The first-order chi connectivity index (χ1) is 11.9. The van der Waals surface area contributed by atoms with Gasteiger partial charge in [0.25, 0.3) is 0 Å². The molecular weight excluding hydrogens is 314 g/mol. The molecule has 0 spiro atoms. The van der Waals surface area contributed by atoms with Crippen LogP contribution in [-0.4, -0.2) is 6.09 Å². The van der Waals surface area contributed by atoms with E-state index in [-0.39, 0.29) is 5.41 Å². The molecule has 0 aromatic heterocycles. The molecule has 0 saturated heterocycles. The van der Waals surface area contributed by atoms with Gasteiger partial charge in [-0.3, -0.25) is 5.32 Å². The van der Waals surface area contributed by atoms with E-state index in [2.05, 4.69) is 26.1 Å². The molecule has 0 saturated carbocycles. The number of anilines is 1. The molecule has 1 aliphatic rings. The quantitative estimate of drug-likeness (QED) is 0.765. The first-order valence-electron chi connectivity index (χ1n) is 8.07. The fraction of sp³-hybridized carbons (Fsp3) is 0.190. The Morgan fingerprint density at radius 3 is 2.36 bits per heavy atom. The van der Waals surface area contributed by atoms with E-state index in [1.54, 1.807) is 24.3 Å². The van der Waals surface area contributed by atoms with Gasteiger partial charge in [0.1, 0.15) is 5.76 Å². The molecule has 1 heterocycles. The van der Waals surface area contributed by atoms with E-state index in [4.69, 9.17) is 9.47 Å². The second-order valence-electron chi connectivity index (χ2n) is 6.45. The summed E-state index contributed by atoms with van der Waals surface area (Å²) in [6.07, 6.45) is 14.7. The molecule has 130 valence electrons. The number of allylic oxidation sites excluding steroid dienone is 7. The summed E-state index contributed by atoms with van der Waals surface area (Å²) >= 11 is 0. The second-order valence-corrected chi connectivity index (χ2v) is 6.45. The minimum absolute atomic E-state index is 0.0681. The van der Waals surface area contributed by atoms with Gasteiger partial charge in [0.2, 0.25) is 0 Å². The Balaban J connectivity index is 2.00. The van der Waals surface area contributed by atoms with E-state index in [9.17, 15) is 4.79 Å². The van der Waals surface area contributed by atoms with E-state index in [0.29, 0.717) is 11.4 Å². The van der Waals surface area contributed by atoms with Crippen LogP contribution in [-0.2, 0) is 14.9 Å². The summed E-state index contributed by atoms with van der Waals surface area (Å²) in [5.74, 6) is 0.365. The van der Waals surface area contributed by atoms with Gasteiger partial charge in [0, 0.05) is 11.8 Å². The Morgan fingerprint density at radius 2 is 1.64 bits per heavy atom. The molecule has 1 amide bonds. The summed E-state index contributed by atoms with van der Waals surface area (Å²) in [5.41, 5.74) is 1.94. The number of carbonyl (C=O) groups excluding carboxylic acids is 1. The van der Waals surface area contributed by atoms with Crippen LogP contribution >= 0.6 is 0 Å². The molecule has 0 atom stereocenters. The molecular formula is C21H23NO3. The van der Waals surface area contributed by atoms with Crippen molar-refractivity contribution in [2.75, 3.05) is 5.32 Å². The highest BCUT2D eigenvalue weighted by atomic mass is 16.6. The lowest BCUT2D eigenvalue weighted by atomic mass is 9.87. The maximum Gasteiger partial charge on any atom is 0.417 e. The zero-order chi connectivity index (χ0) is 18.1. The van der Waals surface area contributed by atoms with Crippen LogP contribution in [0.4, 0.5) is 10.5 Å². The maximum absolute atomic E-state index is 12.1. The van der Waals surface area contributed by atoms with Crippen molar-refractivity contribution < 1.29 is 14.3 Å². The predicted molar refractivity (Wildman–Crippen MR) is 101 cm³/mol. The van der Waals surface area contributed by atoms with Gasteiger partial charge in [-0.2, -0.15) is 0 Å². The molecule has 0 bridgehead atoms. The smallest absolute Gasteiger partial charge is 0.417 e. The van der Waals surface area contributed by atoms with Gasteiger partial charge in [-0.05, 0) is 35.3 Å². The molecule has 0 aliphatic carbocycles. The molecule has 1 aliphatic heterocycles. The van der Waals surface area contributed by atoms with Crippen LogP contribution in [0.15, 0.2) is 85.1 Å². The zero-order valence-electron chi connectivity index (χ0n) is 14.7. The van der Waals surface area contributed by atoms with Crippen molar-refractivity contribution in [2.45, 2.75) is 26.2 Å². The van der Waals surface area contributed by atoms with E-state index in [0.717, 1.165) is 0 Å². The molecule has 0 fully saturated rings. The third kappa shape index (κ3) is 6.55. The highest BCUT2D eigenvalue weighted by Crippen LogP contribution is 2.23. The van der Waals surface area contributed by atoms with Crippen LogP contribution in [0.2, 0.25) is 0 Å². The number of carbonyl (C=O) groups is 1. The first kappa shape index (κ1) is 18.3. The molecule has 25 heavy (non-hydrogen) atoms. The Hall–Kier alpha value is -3.01. The monoisotopic (exact) mass is 337 g/mol. The van der Waals surface area contributed by atoms with Crippen LogP contribution in [0.3, 0.4) is 0 Å². The fourth-order valence-corrected chi connectivity index (χ4v) is 2.01. The average Bonchev–Trinajstić information content (AvgIpc) is 2.61. The van der Waals surface area contributed by atoms with E-state index < -0.39 is 6.09 Å². The van der Waals surface area contributed by atoms with Gasteiger partial charge in [0.15, 0.2) is 0 Å². The fourth-order valence-electron chi connectivity index (χ4n) is 2.01. The number of rotatable bonds is 2. The summed E-state index contributed by atoms with van der Waals surface area (Å²) in [5, 5.41) is 2.72. The molecule has 1 aromatic rings. The zero-order valence-corrected chi connectivity index (χ0v) is 14.7. The van der Waals surface area contributed by atoms with Crippen LogP contribution in [0.25, 0.3) is 0 Å². The minimum atomic E-state index is -0.561. The van der Waals surface area contributed by atoms with Gasteiger partial charge in [-0.15, -0.1) is 0 Å². The summed E-state index contributed by atoms with van der Waals surface area (Å²) in [4.78, 5) is 12.1. The second kappa shape index (κ2) is 8.73. The van der Waals surface area contributed by atoms with Crippen molar-refractivity contribution in [3.05, 3.63) is 90.6 Å². The van der Waals surface area contributed by atoms with Crippen LogP contribution < -0.4 is 5.32 Å². The summed E-state index contributed by atoms with van der Waals surface area (Å²) in [6.45, 7) is 6.43. The molecule has 1 aromatic carbocycles. The van der Waals surface area contributed by atoms with Crippen LogP contribution in [0.1, 0.15) is 26.3 Å². The van der Waals surface area contributed by atoms with Crippen molar-refractivity contribution in [2.24, 2.45) is 0 Å². The highest BCUT2D eigenvalue weighted by molar-refractivity contribution is 5.85. The molecule has 4 nitrogen and oxygen atoms in total. The topological polar surface area (TPSA) is 47.6 Å². The van der Waals surface area contributed by atoms with Crippen molar-refractivity contribution in [1.82, 2.24) is 0 Å². The Bertz CT molecular complexity index is 729. The molecule has 0 radical (unpaired) electrons. The van der Waals surface area contributed by atoms with Crippen LogP contribution in [0, 0.1) is 0 Å². The SMILES string of the molecule is CC(C)(C)c1ccc(NC(=O)OC2=CC=CC=CC=COC=C2)cc1. The standard InChI is InChI=1S/C21H23NO3/c1-21(2,3)17-10-12-18(13-11-17)22-20(23)25-19-9-7-5-4-6-8-15-24-16-14-19/h4-16H,1-3H3,(H,22,23). The van der Waals surface area contributed by atoms with Crippen molar-refractivity contribution in [1.29, 1.82) is 0 Å². The molecule has 0 unspecified atom stereocenters. The largest absolute Gasteiger partial charge is 0.472 e. The third-order valence-corrected chi connectivity index (χ3v) is 3.38. The van der Waals surface area contributed by atoms with Crippen LogP contribution in [0.5, 0.6) is 0 Å². The first-order valence-corrected chi connectivity index (χ1v) is 8.07. The average molecular weight is 337 g/mol. The Kier molecular flexibility index (Phi) is 6.40. The molecule has 4 heteroatoms. The number of ether oxygens (including phenoxy) is 2. The van der Waals surface area contributed by atoms with Gasteiger partial charge >= 0.3 is 6.09 Å². The van der Waals surface area contributed by atoms with Gasteiger partial charge in [-0.25, -0.2) is 4.79 Å². The number of nitrogens with one attached hydrogen (secondary N) is 1. The lowest BCUT2D eigenvalue weighted by Crippen LogP contribution is -2.14.